The van der Waals surface area contributed by atoms with Crippen LogP contribution in [0.3, 0.4) is 0 Å². The highest BCUT2D eigenvalue weighted by atomic mass is 15.2. The molecule has 1 aliphatic heterocycles. The molecule has 0 saturated carbocycles. The van der Waals surface area contributed by atoms with E-state index in [9.17, 15) is 0 Å². The topological polar surface area (TPSA) is 29.3 Å². The van der Waals surface area contributed by atoms with Gasteiger partial charge < -0.3 is 5.73 Å². The third-order valence-corrected chi connectivity index (χ3v) is 3.61. The van der Waals surface area contributed by atoms with E-state index in [4.69, 9.17) is 5.73 Å². The second kappa shape index (κ2) is 5.65. The number of likely N-dealkylation sites (tertiary alicyclic amines) is 1. The molecule has 0 amide bonds. The number of rotatable bonds is 6. The van der Waals surface area contributed by atoms with Crippen LogP contribution in [0.25, 0.3) is 0 Å². The van der Waals surface area contributed by atoms with E-state index in [0.717, 1.165) is 13.1 Å². The summed E-state index contributed by atoms with van der Waals surface area (Å²) in [5.74, 6) is 0. The molecular weight excluding hydrogens is 208 g/mol. The third-order valence-electron chi connectivity index (χ3n) is 3.61. The van der Waals surface area contributed by atoms with Gasteiger partial charge in [0, 0.05) is 18.6 Å². The molecule has 1 aromatic carbocycles. The maximum atomic E-state index is 6.24. The highest BCUT2D eigenvalue weighted by Gasteiger charge is 2.37. The smallest absolute Gasteiger partial charge is 0.0412 e. The van der Waals surface area contributed by atoms with Gasteiger partial charge in [0.05, 0.1) is 0 Å². The van der Waals surface area contributed by atoms with E-state index in [1.54, 1.807) is 0 Å². The minimum absolute atomic E-state index is 0.126. The Balaban J connectivity index is 1.62. The predicted molar refractivity (Wildman–Crippen MR) is 73.0 cm³/mol. The minimum atomic E-state index is 0.126. The van der Waals surface area contributed by atoms with Crippen molar-refractivity contribution in [3.63, 3.8) is 0 Å². The standard InChI is InChI=1S/C15H24N2/c1-2-10-15(16)12-17(13-15)11-6-9-14-7-4-3-5-8-14/h3-5,7-8H,2,6,9-13,16H2,1H3. The van der Waals surface area contributed by atoms with Gasteiger partial charge in [-0.2, -0.15) is 0 Å². The highest BCUT2D eigenvalue weighted by Crippen LogP contribution is 2.23. The molecule has 0 aliphatic carbocycles. The Hall–Kier alpha value is -0.860. The molecule has 2 rings (SSSR count). The van der Waals surface area contributed by atoms with Gasteiger partial charge in [-0.15, -0.1) is 0 Å². The van der Waals surface area contributed by atoms with E-state index in [0.29, 0.717) is 0 Å². The molecule has 0 spiro atoms. The van der Waals surface area contributed by atoms with E-state index in [1.807, 2.05) is 0 Å². The van der Waals surface area contributed by atoms with Crippen molar-refractivity contribution in [2.75, 3.05) is 19.6 Å². The number of nitrogens with two attached hydrogens (primary N) is 1. The van der Waals surface area contributed by atoms with Crippen molar-refractivity contribution in [1.82, 2.24) is 4.90 Å². The normalized spacial score (nSPS) is 18.9. The van der Waals surface area contributed by atoms with E-state index in [2.05, 4.69) is 42.2 Å². The van der Waals surface area contributed by atoms with Crippen LogP contribution in [0.4, 0.5) is 0 Å². The average Bonchev–Trinajstić information content (AvgIpc) is 2.28. The Morgan fingerprint density at radius 2 is 1.94 bits per heavy atom. The summed E-state index contributed by atoms with van der Waals surface area (Å²) in [7, 11) is 0. The number of aryl methyl sites for hydroxylation is 1. The summed E-state index contributed by atoms with van der Waals surface area (Å²) in [5, 5.41) is 0. The first kappa shape index (κ1) is 12.6. The molecule has 17 heavy (non-hydrogen) atoms. The monoisotopic (exact) mass is 232 g/mol. The van der Waals surface area contributed by atoms with Crippen LogP contribution in [0.1, 0.15) is 31.7 Å². The summed E-state index contributed by atoms with van der Waals surface area (Å²) in [6.45, 7) is 5.59. The molecule has 1 saturated heterocycles. The number of nitrogens with zero attached hydrogens (tertiary/aromatic N) is 1. The minimum Gasteiger partial charge on any atom is -0.323 e. The Kier molecular flexibility index (Phi) is 4.19. The zero-order valence-electron chi connectivity index (χ0n) is 10.9. The van der Waals surface area contributed by atoms with E-state index < -0.39 is 0 Å². The highest BCUT2D eigenvalue weighted by molar-refractivity contribution is 5.14. The zero-order valence-corrected chi connectivity index (χ0v) is 10.9. The summed E-state index contributed by atoms with van der Waals surface area (Å²) in [6.07, 6.45) is 4.80. The zero-order chi connectivity index (χ0) is 12.1. The molecule has 0 bridgehead atoms. The second-order valence-corrected chi connectivity index (χ2v) is 5.41. The molecule has 0 aromatic heterocycles. The van der Waals surface area contributed by atoms with Crippen molar-refractivity contribution in [2.24, 2.45) is 5.73 Å². The van der Waals surface area contributed by atoms with Gasteiger partial charge in [0.2, 0.25) is 0 Å². The molecule has 0 atom stereocenters. The predicted octanol–water partition coefficient (Wildman–Crippen LogP) is 2.43. The fourth-order valence-electron chi connectivity index (χ4n) is 2.81. The molecule has 1 aliphatic rings. The van der Waals surface area contributed by atoms with Gasteiger partial charge >= 0.3 is 0 Å². The van der Waals surface area contributed by atoms with Crippen molar-refractivity contribution < 1.29 is 0 Å². The first-order valence-corrected chi connectivity index (χ1v) is 6.77. The Labute approximate surface area is 105 Å². The fraction of sp³-hybridized carbons (Fsp3) is 0.600. The lowest BCUT2D eigenvalue weighted by Crippen LogP contribution is -2.67. The van der Waals surface area contributed by atoms with Gasteiger partial charge in [-0.05, 0) is 31.4 Å². The van der Waals surface area contributed by atoms with Gasteiger partial charge in [-0.1, -0.05) is 43.7 Å². The van der Waals surface area contributed by atoms with E-state index in [1.165, 1.54) is 37.8 Å². The number of benzene rings is 1. The quantitative estimate of drug-likeness (QED) is 0.816. The summed E-state index contributed by atoms with van der Waals surface area (Å²) in [4.78, 5) is 2.48. The maximum absolute atomic E-state index is 6.24. The average molecular weight is 232 g/mol. The van der Waals surface area contributed by atoms with Crippen molar-refractivity contribution in [3.8, 4) is 0 Å². The Morgan fingerprint density at radius 1 is 1.24 bits per heavy atom. The Bertz CT molecular complexity index is 328. The van der Waals surface area contributed by atoms with Crippen LogP contribution in [0.15, 0.2) is 30.3 Å². The molecule has 2 nitrogen and oxygen atoms in total. The van der Waals surface area contributed by atoms with Gasteiger partial charge in [0.25, 0.3) is 0 Å². The summed E-state index contributed by atoms with van der Waals surface area (Å²) < 4.78 is 0. The summed E-state index contributed by atoms with van der Waals surface area (Å²) in [5.41, 5.74) is 7.82. The molecule has 0 unspecified atom stereocenters. The van der Waals surface area contributed by atoms with E-state index >= 15 is 0 Å². The molecule has 1 heterocycles. The third kappa shape index (κ3) is 3.55. The van der Waals surface area contributed by atoms with Crippen LogP contribution < -0.4 is 5.73 Å². The van der Waals surface area contributed by atoms with Crippen molar-refractivity contribution in [3.05, 3.63) is 35.9 Å². The summed E-state index contributed by atoms with van der Waals surface area (Å²) >= 11 is 0. The first-order chi connectivity index (χ1) is 8.22. The van der Waals surface area contributed by atoms with Crippen LogP contribution in [-0.2, 0) is 6.42 Å². The Morgan fingerprint density at radius 3 is 2.59 bits per heavy atom. The lowest BCUT2D eigenvalue weighted by atomic mass is 9.86. The number of hydrogen-bond acceptors (Lipinski definition) is 2. The van der Waals surface area contributed by atoms with Crippen LogP contribution in [0.5, 0.6) is 0 Å². The lowest BCUT2D eigenvalue weighted by molar-refractivity contribution is 0.0631. The van der Waals surface area contributed by atoms with Crippen LogP contribution in [0, 0.1) is 0 Å². The largest absolute Gasteiger partial charge is 0.323 e. The second-order valence-electron chi connectivity index (χ2n) is 5.41. The molecule has 2 N–H and O–H groups in total. The van der Waals surface area contributed by atoms with Gasteiger partial charge in [-0.25, -0.2) is 0 Å². The maximum Gasteiger partial charge on any atom is 0.0412 e. The van der Waals surface area contributed by atoms with Gasteiger partial charge in [0.15, 0.2) is 0 Å². The van der Waals surface area contributed by atoms with Crippen molar-refractivity contribution >= 4 is 0 Å². The van der Waals surface area contributed by atoms with Crippen molar-refractivity contribution in [1.29, 1.82) is 0 Å². The van der Waals surface area contributed by atoms with Crippen LogP contribution >= 0.6 is 0 Å². The summed E-state index contributed by atoms with van der Waals surface area (Å²) in [6, 6.07) is 10.7. The fourth-order valence-corrected chi connectivity index (χ4v) is 2.81. The molecule has 1 fully saturated rings. The van der Waals surface area contributed by atoms with Crippen LogP contribution in [0.2, 0.25) is 0 Å². The molecule has 1 aromatic rings. The SMILES string of the molecule is CCCC1(N)CN(CCCc2ccccc2)C1. The van der Waals surface area contributed by atoms with E-state index in [-0.39, 0.29) is 5.54 Å². The van der Waals surface area contributed by atoms with Gasteiger partial charge in [0.1, 0.15) is 0 Å². The van der Waals surface area contributed by atoms with Gasteiger partial charge in [-0.3, -0.25) is 4.90 Å². The lowest BCUT2D eigenvalue weighted by Gasteiger charge is -2.48. The molecule has 2 heteroatoms. The molecular formula is C15H24N2. The molecule has 0 radical (unpaired) electrons. The molecule has 94 valence electrons. The first-order valence-electron chi connectivity index (χ1n) is 6.77. The number of hydrogen-bond donors (Lipinski definition) is 1. The van der Waals surface area contributed by atoms with Crippen molar-refractivity contribution in [2.45, 2.75) is 38.1 Å². The van der Waals surface area contributed by atoms with Crippen LogP contribution in [-0.4, -0.2) is 30.1 Å².